The van der Waals surface area contributed by atoms with Gasteiger partial charge < -0.3 is 14.2 Å². The molecule has 1 rings (SSSR count). The van der Waals surface area contributed by atoms with Crippen LogP contribution in [-0.4, -0.2) is 53.1 Å². The van der Waals surface area contributed by atoms with Crippen molar-refractivity contribution in [3.63, 3.8) is 0 Å². The van der Waals surface area contributed by atoms with Gasteiger partial charge in [-0.15, -0.1) is 0 Å². The number of ether oxygens (including phenoxy) is 3. The summed E-state index contributed by atoms with van der Waals surface area (Å²) in [7, 11) is 0. The molecule has 1 heterocycles. The van der Waals surface area contributed by atoms with Crippen LogP contribution in [0.2, 0.25) is 0 Å². The van der Waals surface area contributed by atoms with Gasteiger partial charge in [0.2, 0.25) is 17.8 Å². The first-order chi connectivity index (χ1) is 12.5. The van der Waals surface area contributed by atoms with Crippen LogP contribution >= 0.6 is 0 Å². The minimum absolute atomic E-state index is 0.139. The summed E-state index contributed by atoms with van der Waals surface area (Å²) in [5.41, 5.74) is 0. The number of aromatic nitrogens is 3. The topological polar surface area (TPSA) is 154 Å². The van der Waals surface area contributed by atoms with Gasteiger partial charge in [-0.25, -0.2) is 14.4 Å². The van der Waals surface area contributed by atoms with Gasteiger partial charge in [0, 0.05) is 0 Å². The van der Waals surface area contributed by atoms with E-state index in [2.05, 4.69) is 30.9 Å². The predicted molar refractivity (Wildman–Crippen MR) is 91.0 cm³/mol. The summed E-state index contributed by atoms with van der Waals surface area (Å²) in [4.78, 5) is 46.2. The van der Waals surface area contributed by atoms with E-state index in [-0.39, 0.29) is 37.7 Å². The SMILES string of the molecule is CCCCOC(=O)Nc1nc(NC(=O)OCC)nc(NC(=O)OCC)n1. The third-order valence-electron chi connectivity index (χ3n) is 2.56. The standard InChI is InChI=1S/C14H22N6O6/c1-4-7-8-26-14(23)20-11-16-9(18-12(21)24-5-2)15-10(17-11)19-13(22)25-6-3/h4-8H2,1-3H3,(H3,15,16,17,18,19,20,21,22,23). The molecular weight excluding hydrogens is 348 g/mol. The Hall–Kier alpha value is -3.18. The maximum atomic E-state index is 11.7. The zero-order valence-corrected chi connectivity index (χ0v) is 14.8. The highest BCUT2D eigenvalue weighted by molar-refractivity contribution is 5.86. The maximum absolute atomic E-state index is 11.7. The molecule has 0 bridgehead atoms. The number of nitrogens with zero attached hydrogens (tertiary/aromatic N) is 3. The fourth-order valence-electron chi connectivity index (χ4n) is 1.50. The lowest BCUT2D eigenvalue weighted by molar-refractivity contribution is 0.159. The van der Waals surface area contributed by atoms with E-state index in [0.29, 0.717) is 6.42 Å². The number of nitrogens with one attached hydrogen (secondary N) is 3. The van der Waals surface area contributed by atoms with Crippen molar-refractivity contribution < 1.29 is 28.6 Å². The van der Waals surface area contributed by atoms with Crippen LogP contribution in [0, 0.1) is 0 Å². The van der Waals surface area contributed by atoms with Gasteiger partial charge in [0.05, 0.1) is 19.8 Å². The van der Waals surface area contributed by atoms with Crippen molar-refractivity contribution in [1.82, 2.24) is 15.0 Å². The highest BCUT2D eigenvalue weighted by atomic mass is 16.6. The Bertz CT molecular complexity index is 588. The summed E-state index contributed by atoms with van der Waals surface area (Å²) in [5.74, 6) is -0.719. The molecule has 0 unspecified atom stereocenters. The smallest absolute Gasteiger partial charge is 0.414 e. The molecule has 0 saturated carbocycles. The molecule has 3 N–H and O–H groups in total. The van der Waals surface area contributed by atoms with E-state index < -0.39 is 18.3 Å². The number of hydrogen-bond acceptors (Lipinski definition) is 9. The second-order valence-electron chi connectivity index (χ2n) is 4.61. The molecule has 1 aromatic heterocycles. The third kappa shape index (κ3) is 8.08. The lowest BCUT2D eigenvalue weighted by Gasteiger charge is -2.10. The number of amides is 3. The lowest BCUT2D eigenvalue weighted by Crippen LogP contribution is -2.22. The Morgan fingerprint density at radius 1 is 0.731 bits per heavy atom. The molecule has 0 spiro atoms. The van der Waals surface area contributed by atoms with Gasteiger partial charge in [-0.1, -0.05) is 13.3 Å². The van der Waals surface area contributed by atoms with Crippen LogP contribution in [0.1, 0.15) is 33.6 Å². The summed E-state index contributed by atoms with van der Waals surface area (Å²) in [6.07, 6.45) is -0.834. The van der Waals surface area contributed by atoms with E-state index in [0.717, 1.165) is 6.42 Å². The summed E-state index contributed by atoms with van der Waals surface area (Å²) >= 11 is 0. The molecule has 0 aliphatic carbocycles. The Kier molecular flexibility index (Phi) is 9.14. The van der Waals surface area contributed by atoms with Crippen LogP contribution in [0.4, 0.5) is 32.2 Å². The molecular formula is C14H22N6O6. The van der Waals surface area contributed by atoms with Crippen molar-refractivity contribution >= 4 is 36.1 Å². The van der Waals surface area contributed by atoms with E-state index in [1.54, 1.807) is 13.8 Å². The quantitative estimate of drug-likeness (QED) is 0.462. The van der Waals surface area contributed by atoms with Gasteiger partial charge >= 0.3 is 18.3 Å². The van der Waals surface area contributed by atoms with E-state index in [1.165, 1.54) is 0 Å². The first-order valence-electron chi connectivity index (χ1n) is 8.05. The number of anilines is 3. The molecule has 12 nitrogen and oxygen atoms in total. The molecule has 0 saturated heterocycles. The van der Waals surface area contributed by atoms with Gasteiger partial charge in [0.1, 0.15) is 0 Å². The fraction of sp³-hybridized carbons (Fsp3) is 0.571. The molecule has 26 heavy (non-hydrogen) atoms. The number of hydrogen-bond donors (Lipinski definition) is 3. The van der Waals surface area contributed by atoms with Crippen LogP contribution < -0.4 is 16.0 Å². The third-order valence-corrected chi connectivity index (χ3v) is 2.56. The lowest BCUT2D eigenvalue weighted by atomic mass is 10.4. The Morgan fingerprint density at radius 2 is 1.12 bits per heavy atom. The van der Waals surface area contributed by atoms with Crippen LogP contribution in [0.25, 0.3) is 0 Å². The molecule has 1 aromatic rings. The van der Waals surface area contributed by atoms with Crippen LogP contribution in [0.5, 0.6) is 0 Å². The van der Waals surface area contributed by atoms with Gasteiger partial charge in [0.15, 0.2) is 0 Å². The highest BCUT2D eigenvalue weighted by Crippen LogP contribution is 2.10. The average molecular weight is 370 g/mol. The van der Waals surface area contributed by atoms with E-state index in [1.807, 2.05) is 6.92 Å². The Labute approximate surface area is 150 Å². The maximum Gasteiger partial charge on any atom is 0.414 e. The minimum atomic E-state index is -0.808. The summed E-state index contributed by atoms with van der Waals surface area (Å²) in [6.45, 7) is 5.71. The monoisotopic (exact) mass is 370 g/mol. The van der Waals surface area contributed by atoms with Gasteiger partial charge in [-0.3, -0.25) is 16.0 Å². The van der Waals surface area contributed by atoms with E-state index in [4.69, 9.17) is 14.2 Å². The van der Waals surface area contributed by atoms with Gasteiger partial charge in [-0.2, -0.15) is 15.0 Å². The number of unbranched alkanes of at least 4 members (excludes halogenated alkanes) is 1. The van der Waals surface area contributed by atoms with Crippen molar-refractivity contribution in [1.29, 1.82) is 0 Å². The van der Waals surface area contributed by atoms with Crippen LogP contribution in [0.3, 0.4) is 0 Å². The molecule has 3 amide bonds. The van der Waals surface area contributed by atoms with Gasteiger partial charge in [-0.05, 0) is 20.3 Å². The average Bonchev–Trinajstić information content (AvgIpc) is 2.55. The first kappa shape index (κ1) is 20.9. The number of rotatable bonds is 8. The van der Waals surface area contributed by atoms with E-state index >= 15 is 0 Å². The molecule has 0 aliphatic rings. The summed E-state index contributed by atoms with van der Waals surface area (Å²) in [6, 6.07) is 0. The van der Waals surface area contributed by atoms with Crippen molar-refractivity contribution in [2.24, 2.45) is 0 Å². The molecule has 0 fully saturated rings. The Balaban J connectivity index is 2.89. The Morgan fingerprint density at radius 3 is 1.46 bits per heavy atom. The number of carbonyl (C=O) groups is 3. The largest absolute Gasteiger partial charge is 0.450 e. The molecule has 144 valence electrons. The van der Waals surface area contributed by atoms with Crippen molar-refractivity contribution in [3.05, 3.63) is 0 Å². The van der Waals surface area contributed by atoms with Crippen LogP contribution in [-0.2, 0) is 14.2 Å². The summed E-state index contributed by atoms with van der Waals surface area (Å²) in [5, 5.41) is 6.78. The molecule has 0 atom stereocenters. The van der Waals surface area contributed by atoms with Crippen molar-refractivity contribution in [3.8, 4) is 0 Å². The molecule has 0 aliphatic heterocycles. The molecule has 0 aromatic carbocycles. The fourth-order valence-corrected chi connectivity index (χ4v) is 1.50. The number of carbonyl (C=O) groups excluding carboxylic acids is 3. The highest BCUT2D eigenvalue weighted by Gasteiger charge is 2.14. The zero-order valence-electron chi connectivity index (χ0n) is 14.8. The summed E-state index contributed by atoms with van der Waals surface area (Å²) < 4.78 is 14.4. The van der Waals surface area contributed by atoms with Crippen molar-refractivity contribution in [2.75, 3.05) is 35.8 Å². The normalized spacial score (nSPS) is 9.81. The first-order valence-corrected chi connectivity index (χ1v) is 8.05. The van der Waals surface area contributed by atoms with Gasteiger partial charge in [0.25, 0.3) is 0 Å². The molecule has 12 heteroatoms. The zero-order chi connectivity index (χ0) is 19.4. The van der Waals surface area contributed by atoms with Crippen molar-refractivity contribution in [2.45, 2.75) is 33.6 Å². The van der Waals surface area contributed by atoms with Crippen LogP contribution in [0.15, 0.2) is 0 Å². The second-order valence-corrected chi connectivity index (χ2v) is 4.61. The molecule has 0 radical (unpaired) electrons. The predicted octanol–water partition coefficient (Wildman–Crippen LogP) is 2.36. The minimum Gasteiger partial charge on any atom is -0.450 e. The van der Waals surface area contributed by atoms with E-state index in [9.17, 15) is 14.4 Å². The second kappa shape index (κ2) is 11.4.